The lowest BCUT2D eigenvalue weighted by atomic mass is 9.99. The molecule has 2 aliphatic rings. The average Bonchev–Trinajstić information content (AvgIpc) is 3.60. The van der Waals surface area contributed by atoms with Crippen molar-refractivity contribution < 1.29 is 27.1 Å². The Hall–Kier alpha value is -4.68. The van der Waals surface area contributed by atoms with Gasteiger partial charge in [-0.05, 0) is 74.4 Å². The Bertz CT molecular complexity index is 1670. The Kier molecular flexibility index (Phi) is 7.87. The van der Waals surface area contributed by atoms with Crippen molar-refractivity contribution in [1.82, 2.24) is 35.5 Å². The highest BCUT2D eigenvalue weighted by Crippen LogP contribution is 2.47. The van der Waals surface area contributed by atoms with Gasteiger partial charge in [0, 0.05) is 42.4 Å². The third kappa shape index (κ3) is 6.87. The fourth-order valence-electron chi connectivity index (χ4n) is 5.20. The zero-order chi connectivity index (χ0) is 30.0. The van der Waals surface area contributed by atoms with Crippen LogP contribution in [-0.4, -0.2) is 42.4 Å². The molecule has 1 saturated carbocycles. The first-order valence-corrected chi connectivity index (χ1v) is 14.0. The summed E-state index contributed by atoms with van der Waals surface area (Å²) in [5.41, 5.74) is 6.47. The zero-order valence-corrected chi connectivity index (χ0v) is 22.9. The highest BCUT2D eigenvalue weighted by molar-refractivity contribution is 5.91. The minimum absolute atomic E-state index is 0.00731. The molecule has 1 amide bonds. The maximum atomic E-state index is 14.0. The van der Waals surface area contributed by atoms with Crippen molar-refractivity contribution in [2.75, 3.05) is 0 Å². The number of nitrogens with one attached hydrogen (secondary N) is 1. The van der Waals surface area contributed by atoms with Crippen LogP contribution in [0.15, 0.2) is 60.4 Å². The summed E-state index contributed by atoms with van der Waals surface area (Å²) in [7, 11) is 0. The van der Waals surface area contributed by atoms with E-state index in [0.717, 1.165) is 66.5 Å². The van der Waals surface area contributed by atoms with Gasteiger partial charge < -0.3 is 10.1 Å². The van der Waals surface area contributed by atoms with Crippen LogP contribution in [-0.2, 0) is 25.9 Å². The van der Waals surface area contributed by atoms with Gasteiger partial charge in [-0.15, -0.1) is 18.3 Å². The highest BCUT2D eigenvalue weighted by Gasteiger charge is 2.35. The van der Waals surface area contributed by atoms with Crippen LogP contribution >= 0.6 is 0 Å². The first-order valence-electron chi connectivity index (χ1n) is 14.0. The van der Waals surface area contributed by atoms with Crippen LogP contribution in [0.5, 0.6) is 5.75 Å². The van der Waals surface area contributed by atoms with Gasteiger partial charge in [0.15, 0.2) is 5.69 Å². The Labute approximate surface area is 244 Å². The van der Waals surface area contributed by atoms with Crippen LogP contribution in [0.1, 0.15) is 64.4 Å². The molecule has 3 aromatic heterocycles. The molecule has 0 aliphatic heterocycles. The fourth-order valence-corrected chi connectivity index (χ4v) is 5.20. The molecule has 3 heterocycles. The molecular formula is C30H27F4N7O2. The van der Waals surface area contributed by atoms with Crippen molar-refractivity contribution >= 4 is 11.5 Å². The number of benzene rings is 1. The van der Waals surface area contributed by atoms with Gasteiger partial charge >= 0.3 is 6.36 Å². The monoisotopic (exact) mass is 593 g/mol. The number of alkyl halides is 3. The molecule has 6 rings (SSSR count). The van der Waals surface area contributed by atoms with Crippen molar-refractivity contribution in [2.24, 2.45) is 5.92 Å². The third-order valence-corrected chi connectivity index (χ3v) is 7.39. The maximum Gasteiger partial charge on any atom is 0.573 e. The van der Waals surface area contributed by atoms with E-state index in [-0.39, 0.29) is 17.8 Å². The Morgan fingerprint density at radius 2 is 1.93 bits per heavy atom. The molecule has 0 radical (unpaired) electrons. The van der Waals surface area contributed by atoms with Crippen LogP contribution in [0.4, 0.5) is 17.6 Å². The number of pyridine rings is 1. The summed E-state index contributed by atoms with van der Waals surface area (Å²) in [6.07, 6.45) is 3.89. The van der Waals surface area contributed by atoms with E-state index in [1.165, 1.54) is 34.9 Å². The number of amides is 1. The summed E-state index contributed by atoms with van der Waals surface area (Å²) >= 11 is 0. The van der Waals surface area contributed by atoms with Crippen LogP contribution in [0.25, 0.3) is 5.57 Å². The van der Waals surface area contributed by atoms with E-state index >= 15 is 0 Å². The lowest BCUT2D eigenvalue weighted by Gasteiger charge is -2.11. The van der Waals surface area contributed by atoms with Gasteiger partial charge in [0.2, 0.25) is 0 Å². The number of fused-ring (bicyclic) bond motifs is 1. The van der Waals surface area contributed by atoms with Gasteiger partial charge in [0.05, 0.1) is 23.3 Å². The minimum atomic E-state index is -4.91. The lowest BCUT2D eigenvalue weighted by molar-refractivity contribution is -0.274. The predicted octanol–water partition coefficient (Wildman–Crippen LogP) is 5.22. The Balaban J connectivity index is 1.01. The van der Waals surface area contributed by atoms with Crippen LogP contribution < -0.4 is 10.1 Å². The lowest BCUT2D eigenvalue weighted by Crippen LogP contribution is -2.24. The number of hydrogen-bond donors (Lipinski definition) is 1. The van der Waals surface area contributed by atoms with E-state index in [4.69, 9.17) is 0 Å². The smallest absolute Gasteiger partial charge is 0.406 e. The average molecular weight is 594 g/mol. The van der Waals surface area contributed by atoms with E-state index in [1.54, 1.807) is 0 Å². The molecule has 9 nitrogen and oxygen atoms in total. The second kappa shape index (κ2) is 11.9. The molecule has 222 valence electrons. The number of hydrogen-bond acceptors (Lipinski definition) is 7. The fraction of sp³-hybridized carbons (Fsp3) is 0.333. The van der Waals surface area contributed by atoms with E-state index < -0.39 is 23.8 Å². The van der Waals surface area contributed by atoms with Crippen molar-refractivity contribution in [1.29, 1.82) is 0 Å². The number of unbranched alkanes of at least 4 members (excludes halogenated alkanes) is 1. The summed E-state index contributed by atoms with van der Waals surface area (Å²) < 4.78 is 56.7. The maximum absolute atomic E-state index is 14.0. The van der Waals surface area contributed by atoms with Gasteiger partial charge in [-0.2, -0.15) is 10.2 Å². The molecule has 0 spiro atoms. The number of rotatable bonds is 11. The molecule has 43 heavy (non-hydrogen) atoms. The predicted molar refractivity (Wildman–Crippen MR) is 146 cm³/mol. The molecule has 1 aromatic carbocycles. The number of carbonyl (C=O) groups excluding carboxylic acids is 1. The highest BCUT2D eigenvalue weighted by atomic mass is 19.4. The summed E-state index contributed by atoms with van der Waals surface area (Å²) in [6, 6.07) is 10.7. The van der Waals surface area contributed by atoms with Crippen molar-refractivity contribution in [3.05, 3.63) is 100 Å². The van der Waals surface area contributed by atoms with Gasteiger partial charge in [0.25, 0.3) is 5.91 Å². The number of aromatic nitrogens is 6. The van der Waals surface area contributed by atoms with Crippen molar-refractivity contribution in [3.63, 3.8) is 0 Å². The van der Waals surface area contributed by atoms with Gasteiger partial charge in [0.1, 0.15) is 11.6 Å². The molecule has 1 N–H and O–H groups in total. The van der Waals surface area contributed by atoms with Gasteiger partial charge in [-0.25, -0.2) is 4.39 Å². The molecular weight excluding hydrogens is 566 g/mol. The molecule has 13 heteroatoms. The molecule has 0 saturated heterocycles. The van der Waals surface area contributed by atoms with Gasteiger partial charge in [-0.3, -0.25) is 14.5 Å². The summed E-state index contributed by atoms with van der Waals surface area (Å²) in [5, 5.41) is 19.3. The molecule has 1 fully saturated rings. The van der Waals surface area contributed by atoms with Gasteiger partial charge in [-0.1, -0.05) is 16.9 Å². The molecule has 2 aliphatic carbocycles. The third-order valence-electron chi connectivity index (χ3n) is 7.39. The molecule has 4 aromatic rings. The SMILES string of the molecule is O=C(NCc1cc(OC(F)(F)F)ccc1F)c1cn(CCCCc2cc3c(nn2)CC(C2CC2)=C3c2ccccn2)nn1. The standard InChI is InChI=1S/C30H27F4N7O2/c31-24-10-9-21(43-30(32,33)34)13-19(24)16-36-29(42)27-17-41(40-39-27)12-4-2-5-20-14-23-26(38-37-20)15-22(18-7-8-18)28(23)25-6-1-3-11-35-25/h1,3,6,9-11,13-14,17-18H,2,4-5,7-8,12,15-16H2,(H,36,42). The van der Waals surface area contributed by atoms with E-state index in [9.17, 15) is 22.4 Å². The van der Waals surface area contributed by atoms with E-state index in [1.807, 2.05) is 24.4 Å². The molecule has 0 atom stereocenters. The first kappa shape index (κ1) is 28.4. The number of allylic oxidation sites excluding steroid dienone is 1. The summed E-state index contributed by atoms with van der Waals surface area (Å²) in [5.74, 6) is -1.39. The van der Waals surface area contributed by atoms with Crippen LogP contribution in [0.3, 0.4) is 0 Å². The van der Waals surface area contributed by atoms with Crippen LogP contribution in [0.2, 0.25) is 0 Å². The topological polar surface area (TPSA) is 108 Å². The summed E-state index contributed by atoms with van der Waals surface area (Å²) in [4.78, 5) is 17.1. The first-order chi connectivity index (χ1) is 20.7. The second-order valence-electron chi connectivity index (χ2n) is 10.6. The number of aryl methyl sites for hydroxylation is 2. The largest absolute Gasteiger partial charge is 0.573 e. The normalized spacial score (nSPS) is 14.6. The van der Waals surface area contributed by atoms with E-state index in [2.05, 4.69) is 41.6 Å². The zero-order valence-electron chi connectivity index (χ0n) is 22.9. The molecule has 0 unspecified atom stereocenters. The van der Waals surface area contributed by atoms with Crippen molar-refractivity contribution in [2.45, 2.75) is 58.0 Å². The minimum Gasteiger partial charge on any atom is -0.406 e. The molecule has 0 bridgehead atoms. The number of ether oxygens (including phenoxy) is 1. The Morgan fingerprint density at radius 3 is 2.70 bits per heavy atom. The number of halogens is 4. The second-order valence-corrected chi connectivity index (χ2v) is 10.6. The quantitative estimate of drug-likeness (QED) is 0.188. The number of carbonyl (C=O) groups is 1. The van der Waals surface area contributed by atoms with Crippen molar-refractivity contribution in [3.8, 4) is 5.75 Å². The number of nitrogens with zero attached hydrogens (tertiary/aromatic N) is 6. The summed E-state index contributed by atoms with van der Waals surface area (Å²) in [6.45, 7) is 0.156. The van der Waals surface area contributed by atoms with Crippen LogP contribution in [0, 0.1) is 11.7 Å². The van der Waals surface area contributed by atoms with E-state index in [0.29, 0.717) is 12.5 Å². The Morgan fingerprint density at radius 1 is 1.07 bits per heavy atom.